The summed E-state index contributed by atoms with van der Waals surface area (Å²) in [5.74, 6) is 0. The summed E-state index contributed by atoms with van der Waals surface area (Å²) in [6.45, 7) is 0. The van der Waals surface area contributed by atoms with Crippen LogP contribution < -0.4 is 0 Å². The summed E-state index contributed by atoms with van der Waals surface area (Å²) in [6.07, 6.45) is 24.7. The van der Waals surface area contributed by atoms with Gasteiger partial charge in [0.25, 0.3) is 0 Å². The van der Waals surface area contributed by atoms with E-state index in [-0.39, 0.29) is 0 Å². The maximum Gasteiger partial charge on any atom is -0.0277 e. The maximum atomic E-state index is 1.88. The van der Waals surface area contributed by atoms with E-state index in [9.17, 15) is 0 Å². The van der Waals surface area contributed by atoms with Crippen molar-refractivity contribution in [1.29, 1.82) is 0 Å². The molecule has 0 nitrogen and oxygen atoms in total. The zero-order valence-corrected chi connectivity index (χ0v) is 14.0. The number of rotatable bonds is 0. The summed E-state index contributed by atoms with van der Waals surface area (Å²) in [7, 11) is 0. The highest BCUT2D eigenvalue weighted by Gasteiger charge is 2.21. The van der Waals surface area contributed by atoms with Gasteiger partial charge < -0.3 is 0 Å². The fourth-order valence-corrected chi connectivity index (χ4v) is 4.76. The maximum absolute atomic E-state index is 1.88. The molecule has 0 aliphatic heterocycles. The lowest BCUT2D eigenvalue weighted by Gasteiger charge is -2.28. The van der Waals surface area contributed by atoms with Crippen LogP contribution in [0.25, 0.3) is 0 Å². The Morgan fingerprint density at radius 2 is 0.619 bits per heavy atom. The van der Waals surface area contributed by atoms with Crippen LogP contribution in [-0.4, -0.2) is 0 Å². The average molecular weight is 287 g/mol. The van der Waals surface area contributed by atoms with Crippen LogP contribution in [0.4, 0.5) is 0 Å². The predicted octanol–water partition coefficient (Wildman–Crippen LogP) is 7.25. The van der Waals surface area contributed by atoms with Gasteiger partial charge in [-0.1, -0.05) is 56.1 Å². The normalized spacial score (nSPS) is 26.3. The SMILES string of the molecule is C1CCCCC2=C(CCC1)CCC1=C2CCCCCCC1. The quantitative estimate of drug-likeness (QED) is 0.440. The Hall–Kier alpha value is -0.520. The van der Waals surface area contributed by atoms with Crippen molar-refractivity contribution in [3.05, 3.63) is 22.3 Å². The fraction of sp³-hybridized carbons (Fsp3) is 0.810. The molecule has 0 fully saturated rings. The number of hydrogen-bond acceptors (Lipinski definition) is 0. The molecule has 0 aromatic heterocycles. The van der Waals surface area contributed by atoms with Crippen LogP contribution in [0.5, 0.6) is 0 Å². The monoisotopic (exact) mass is 286 g/mol. The summed E-state index contributed by atoms with van der Waals surface area (Å²) in [5, 5.41) is 0. The molecule has 21 heavy (non-hydrogen) atoms. The lowest BCUT2D eigenvalue weighted by atomic mass is 9.78. The molecule has 0 N–H and O–H groups in total. The van der Waals surface area contributed by atoms with Crippen LogP contribution in [0.3, 0.4) is 0 Å². The van der Waals surface area contributed by atoms with Crippen LogP contribution in [0, 0.1) is 0 Å². The van der Waals surface area contributed by atoms with E-state index in [1.165, 1.54) is 109 Å². The van der Waals surface area contributed by atoms with Crippen molar-refractivity contribution in [2.75, 3.05) is 0 Å². The first-order valence-electron chi connectivity index (χ1n) is 9.87. The molecular formula is C21H34. The lowest BCUT2D eigenvalue weighted by molar-refractivity contribution is 0.564. The summed E-state index contributed by atoms with van der Waals surface area (Å²) in [6, 6.07) is 0. The van der Waals surface area contributed by atoms with E-state index in [1.807, 2.05) is 22.3 Å². The van der Waals surface area contributed by atoms with Gasteiger partial charge in [-0.25, -0.2) is 0 Å². The van der Waals surface area contributed by atoms with E-state index in [0.717, 1.165) is 0 Å². The molecule has 0 bridgehead atoms. The Morgan fingerprint density at radius 3 is 1.05 bits per heavy atom. The fourth-order valence-electron chi connectivity index (χ4n) is 4.76. The third-order valence-electron chi connectivity index (χ3n) is 6.01. The highest BCUT2D eigenvalue weighted by Crippen LogP contribution is 2.41. The second kappa shape index (κ2) is 8.20. The second-order valence-corrected chi connectivity index (χ2v) is 7.55. The van der Waals surface area contributed by atoms with Gasteiger partial charge in [-0.15, -0.1) is 0 Å². The molecule has 0 saturated heterocycles. The van der Waals surface area contributed by atoms with Crippen molar-refractivity contribution in [3.8, 4) is 0 Å². The molecule has 0 aromatic rings. The molecule has 0 aromatic carbocycles. The van der Waals surface area contributed by atoms with E-state index < -0.39 is 0 Å². The van der Waals surface area contributed by atoms with E-state index >= 15 is 0 Å². The summed E-state index contributed by atoms with van der Waals surface area (Å²) in [5.41, 5.74) is 7.52. The van der Waals surface area contributed by atoms with Gasteiger partial charge in [0.1, 0.15) is 0 Å². The molecule has 0 saturated carbocycles. The minimum absolute atomic E-state index is 1.41. The molecule has 3 aliphatic rings. The topological polar surface area (TPSA) is 0 Å². The molecule has 3 rings (SSSR count). The van der Waals surface area contributed by atoms with Gasteiger partial charge in [-0.2, -0.15) is 0 Å². The van der Waals surface area contributed by atoms with Crippen LogP contribution >= 0.6 is 0 Å². The van der Waals surface area contributed by atoms with E-state index in [2.05, 4.69) is 0 Å². The first-order valence-corrected chi connectivity index (χ1v) is 9.87. The minimum atomic E-state index is 1.41. The Balaban J connectivity index is 1.82. The molecule has 0 heteroatoms. The predicted molar refractivity (Wildman–Crippen MR) is 92.5 cm³/mol. The molecule has 0 spiro atoms. The molecule has 118 valence electrons. The van der Waals surface area contributed by atoms with Gasteiger partial charge in [0.05, 0.1) is 0 Å². The van der Waals surface area contributed by atoms with Gasteiger partial charge >= 0.3 is 0 Å². The van der Waals surface area contributed by atoms with E-state index in [4.69, 9.17) is 0 Å². The molecule has 0 unspecified atom stereocenters. The highest BCUT2D eigenvalue weighted by atomic mass is 14.3. The number of allylic oxidation sites excluding steroid dienone is 4. The van der Waals surface area contributed by atoms with Crippen molar-refractivity contribution in [2.24, 2.45) is 0 Å². The second-order valence-electron chi connectivity index (χ2n) is 7.55. The smallest absolute Gasteiger partial charge is 0.0277 e. The van der Waals surface area contributed by atoms with E-state index in [0.29, 0.717) is 0 Å². The number of fused-ring (bicyclic) bond motifs is 1. The molecule has 0 amide bonds. The molecule has 0 heterocycles. The van der Waals surface area contributed by atoms with E-state index in [1.54, 1.807) is 0 Å². The largest absolute Gasteiger partial charge is 0.0664 e. The standard InChI is InChI=1S/C21H34/c1-2-6-10-14-20-18(12-8-4-1)16-17-19-13-9-5-3-7-11-15-21(19)20/h1-17H2. The zero-order chi connectivity index (χ0) is 14.3. The van der Waals surface area contributed by atoms with Gasteiger partial charge in [-0.3, -0.25) is 0 Å². The highest BCUT2D eigenvalue weighted by molar-refractivity contribution is 5.43. The van der Waals surface area contributed by atoms with Crippen molar-refractivity contribution in [3.63, 3.8) is 0 Å². The molecule has 3 aliphatic carbocycles. The Bertz CT molecular complexity index is 396. The summed E-state index contributed by atoms with van der Waals surface area (Å²) in [4.78, 5) is 0. The Morgan fingerprint density at radius 1 is 0.286 bits per heavy atom. The van der Waals surface area contributed by atoms with Gasteiger partial charge in [0, 0.05) is 0 Å². The number of hydrogen-bond donors (Lipinski definition) is 0. The third-order valence-corrected chi connectivity index (χ3v) is 6.01. The first kappa shape index (κ1) is 15.4. The first-order chi connectivity index (χ1) is 10.4. The van der Waals surface area contributed by atoms with Crippen LogP contribution in [0.1, 0.15) is 109 Å². The van der Waals surface area contributed by atoms with Crippen molar-refractivity contribution < 1.29 is 0 Å². The van der Waals surface area contributed by atoms with Crippen molar-refractivity contribution >= 4 is 0 Å². The summed E-state index contributed by atoms with van der Waals surface area (Å²) >= 11 is 0. The van der Waals surface area contributed by atoms with Crippen LogP contribution in [0.15, 0.2) is 22.3 Å². The lowest BCUT2D eigenvalue weighted by Crippen LogP contribution is -2.08. The zero-order valence-electron chi connectivity index (χ0n) is 14.0. The van der Waals surface area contributed by atoms with Gasteiger partial charge in [-0.05, 0) is 75.4 Å². The van der Waals surface area contributed by atoms with Crippen molar-refractivity contribution in [1.82, 2.24) is 0 Å². The Labute approximate surface area is 132 Å². The Kier molecular flexibility index (Phi) is 6.01. The van der Waals surface area contributed by atoms with Gasteiger partial charge in [0.2, 0.25) is 0 Å². The third kappa shape index (κ3) is 4.24. The molecular weight excluding hydrogens is 252 g/mol. The minimum Gasteiger partial charge on any atom is -0.0664 e. The van der Waals surface area contributed by atoms with Crippen LogP contribution in [0.2, 0.25) is 0 Å². The average Bonchev–Trinajstić information content (AvgIpc) is 2.63. The van der Waals surface area contributed by atoms with Gasteiger partial charge in [0.15, 0.2) is 0 Å². The molecule has 0 atom stereocenters. The van der Waals surface area contributed by atoms with Crippen molar-refractivity contribution in [2.45, 2.75) is 109 Å². The molecule has 0 radical (unpaired) electrons. The summed E-state index contributed by atoms with van der Waals surface area (Å²) < 4.78 is 0. The van der Waals surface area contributed by atoms with Crippen LogP contribution in [-0.2, 0) is 0 Å².